The number of hydrogen-bond donors (Lipinski definition) is 2. The number of amides is 1. The summed E-state index contributed by atoms with van der Waals surface area (Å²) < 4.78 is 6.84. The van der Waals surface area contributed by atoms with Crippen molar-refractivity contribution in [1.29, 1.82) is 0 Å². The topological polar surface area (TPSA) is 81.1 Å². The smallest absolute Gasteiger partial charge is 0.252 e. The van der Waals surface area contributed by atoms with Crippen LogP contribution < -0.4 is 10.6 Å². The van der Waals surface area contributed by atoms with Crippen molar-refractivity contribution in [2.45, 2.75) is 39.7 Å². The summed E-state index contributed by atoms with van der Waals surface area (Å²) in [7, 11) is 1.67. The minimum absolute atomic E-state index is 0.0915. The van der Waals surface area contributed by atoms with Gasteiger partial charge in [-0.15, -0.1) is 0 Å². The fraction of sp³-hybridized carbons (Fsp3) is 0.611. The van der Waals surface area contributed by atoms with Crippen LogP contribution in [0, 0.1) is 0 Å². The Balaban J connectivity index is 2.19. The lowest BCUT2D eigenvalue weighted by atomic mass is 10.0. The quantitative estimate of drug-likeness (QED) is 0.679. The molecule has 0 aliphatic carbocycles. The number of nitrogens with zero attached hydrogens (tertiary/aromatic N) is 3. The molecule has 7 nitrogen and oxygen atoms in total. The van der Waals surface area contributed by atoms with E-state index in [1.807, 2.05) is 10.7 Å². The highest BCUT2D eigenvalue weighted by Gasteiger charge is 2.18. The Kier molecular flexibility index (Phi) is 6.90. The fourth-order valence-electron chi connectivity index (χ4n) is 2.56. The van der Waals surface area contributed by atoms with Gasteiger partial charge in [0.25, 0.3) is 5.91 Å². The van der Waals surface area contributed by atoms with Gasteiger partial charge in [-0.1, -0.05) is 13.8 Å². The second-order valence-electron chi connectivity index (χ2n) is 6.67. The number of pyridine rings is 1. The van der Waals surface area contributed by atoms with Gasteiger partial charge in [0.15, 0.2) is 5.65 Å². The van der Waals surface area contributed by atoms with Gasteiger partial charge in [0.1, 0.15) is 0 Å². The lowest BCUT2D eigenvalue weighted by Crippen LogP contribution is -2.33. The minimum Gasteiger partial charge on any atom is -0.383 e. The first-order chi connectivity index (χ1) is 12.0. The molecule has 2 heterocycles. The highest BCUT2D eigenvalue weighted by atomic mass is 16.5. The van der Waals surface area contributed by atoms with Crippen LogP contribution in [-0.4, -0.2) is 54.0 Å². The maximum absolute atomic E-state index is 12.7. The molecule has 0 spiro atoms. The zero-order chi connectivity index (χ0) is 18.4. The maximum atomic E-state index is 12.7. The van der Waals surface area contributed by atoms with Crippen molar-refractivity contribution in [3.8, 4) is 0 Å². The molecule has 25 heavy (non-hydrogen) atoms. The molecule has 2 aromatic rings. The van der Waals surface area contributed by atoms with E-state index in [0.717, 1.165) is 23.3 Å². The van der Waals surface area contributed by atoms with Crippen molar-refractivity contribution < 1.29 is 9.53 Å². The Bertz CT molecular complexity index is 709. The summed E-state index contributed by atoms with van der Waals surface area (Å²) >= 11 is 0. The van der Waals surface area contributed by atoms with E-state index in [1.165, 1.54) is 0 Å². The molecule has 138 valence electrons. The van der Waals surface area contributed by atoms with Crippen LogP contribution in [0.3, 0.4) is 0 Å². The van der Waals surface area contributed by atoms with E-state index < -0.39 is 0 Å². The number of carbonyl (C=O) groups excluding carboxylic acids is 1. The highest BCUT2D eigenvalue weighted by molar-refractivity contribution is 6.05. The standard InChI is InChI=1S/C18H29N5O2/c1-12(2)16-10-14(18(24)20-7-6-19-8-9-25-5)15-11-21-23(13(3)4)17(15)22-16/h10-13,19H,6-9H2,1-5H3,(H,20,24). The van der Waals surface area contributed by atoms with Crippen LogP contribution >= 0.6 is 0 Å². The number of aromatic nitrogens is 3. The van der Waals surface area contributed by atoms with Gasteiger partial charge in [0.05, 0.1) is 23.8 Å². The second kappa shape index (κ2) is 8.92. The Morgan fingerprint density at radius 2 is 2.00 bits per heavy atom. The second-order valence-corrected chi connectivity index (χ2v) is 6.67. The van der Waals surface area contributed by atoms with Crippen molar-refractivity contribution >= 4 is 16.9 Å². The number of fused-ring (bicyclic) bond motifs is 1. The van der Waals surface area contributed by atoms with E-state index >= 15 is 0 Å². The molecule has 7 heteroatoms. The molecule has 2 aromatic heterocycles. The summed E-state index contributed by atoms with van der Waals surface area (Å²) in [6.45, 7) is 10.9. The third-order valence-electron chi connectivity index (χ3n) is 3.98. The van der Waals surface area contributed by atoms with E-state index in [-0.39, 0.29) is 17.9 Å². The molecule has 0 aliphatic heterocycles. The first kappa shape index (κ1) is 19.3. The molecule has 0 fully saturated rings. The first-order valence-corrected chi connectivity index (χ1v) is 8.81. The van der Waals surface area contributed by atoms with E-state index in [2.05, 4.69) is 43.4 Å². The van der Waals surface area contributed by atoms with Crippen LogP contribution in [0.15, 0.2) is 12.3 Å². The van der Waals surface area contributed by atoms with Gasteiger partial charge < -0.3 is 15.4 Å². The molecule has 0 unspecified atom stereocenters. The van der Waals surface area contributed by atoms with E-state index in [4.69, 9.17) is 9.72 Å². The maximum Gasteiger partial charge on any atom is 0.252 e. The molecule has 1 amide bonds. The van der Waals surface area contributed by atoms with Gasteiger partial charge in [-0.2, -0.15) is 5.10 Å². The predicted molar refractivity (Wildman–Crippen MR) is 99.1 cm³/mol. The van der Waals surface area contributed by atoms with Gasteiger partial charge in [0.2, 0.25) is 0 Å². The SMILES string of the molecule is COCCNCCNC(=O)c1cc(C(C)C)nc2c1cnn2C(C)C. The Labute approximate surface area is 149 Å². The fourth-order valence-corrected chi connectivity index (χ4v) is 2.56. The molecule has 0 saturated heterocycles. The third-order valence-corrected chi connectivity index (χ3v) is 3.98. The molecule has 0 aromatic carbocycles. The molecule has 0 saturated carbocycles. The largest absolute Gasteiger partial charge is 0.383 e. The van der Waals surface area contributed by atoms with Gasteiger partial charge in [-0.3, -0.25) is 4.79 Å². The molecule has 0 radical (unpaired) electrons. The van der Waals surface area contributed by atoms with Gasteiger partial charge >= 0.3 is 0 Å². The summed E-state index contributed by atoms with van der Waals surface area (Å²) in [5, 5.41) is 11.4. The minimum atomic E-state index is -0.0915. The Morgan fingerprint density at radius 1 is 1.24 bits per heavy atom. The summed E-state index contributed by atoms with van der Waals surface area (Å²) in [6, 6.07) is 2.07. The number of nitrogens with one attached hydrogen (secondary N) is 2. The lowest BCUT2D eigenvalue weighted by Gasteiger charge is -2.12. The summed E-state index contributed by atoms with van der Waals surface area (Å²) in [5.41, 5.74) is 2.31. The van der Waals surface area contributed by atoms with Crippen LogP contribution in [0.4, 0.5) is 0 Å². The molecule has 2 N–H and O–H groups in total. The van der Waals surface area contributed by atoms with Crippen molar-refractivity contribution in [3.05, 3.63) is 23.5 Å². The average Bonchev–Trinajstić information content (AvgIpc) is 3.01. The molecule has 2 rings (SSSR count). The molecular formula is C18H29N5O2. The number of ether oxygens (including phenoxy) is 1. The van der Waals surface area contributed by atoms with Crippen LogP contribution in [0.2, 0.25) is 0 Å². The number of rotatable bonds is 9. The monoisotopic (exact) mass is 347 g/mol. The lowest BCUT2D eigenvalue weighted by molar-refractivity contribution is 0.0955. The zero-order valence-corrected chi connectivity index (χ0v) is 15.8. The van der Waals surface area contributed by atoms with Crippen LogP contribution in [0.25, 0.3) is 11.0 Å². The average molecular weight is 347 g/mol. The summed E-state index contributed by atoms with van der Waals surface area (Å²) in [4.78, 5) is 17.4. The predicted octanol–water partition coefficient (Wildman–Crippen LogP) is 2.10. The Morgan fingerprint density at radius 3 is 2.64 bits per heavy atom. The van der Waals surface area contributed by atoms with Gasteiger partial charge in [-0.25, -0.2) is 9.67 Å². The number of methoxy groups -OCH3 is 1. The zero-order valence-electron chi connectivity index (χ0n) is 15.8. The number of hydrogen-bond acceptors (Lipinski definition) is 5. The molecular weight excluding hydrogens is 318 g/mol. The molecule has 0 aliphatic rings. The van der Waals surface area contributed by atoms with E-state index in [9.17, 15) is 4.79 Å². The van der Waals surface area contributed by atoms with Gasteiger partial charge in [-0.05, 0) is 25.8 Å². The molecule has 0 bridgehead atoms. The molecule has 0 atom stereocenters. The normalized spacial score (nSPS) is 11.6. The summed E-state index contributed by atoms with van der Waals surface area (Å²) in [5.74, 6) is 0.147. The third kappa shape index (κ3) is 4.76. The first-order valence-electron chi connectivity index (χ1n) is 8.81. The highest BCUT2D eigenvalue weighted by Crippen LogP contribution is 2.24. The number of carbonyl (C=O) groups is 1. The van der Waals surface area contributed by atoms with Crippen LogP contribution in [0.1, 0.15) is 55.7 Å². The van der Waals surface area contributed by atoms with E-state index in [1.54, 1.807) is 13.3 Å². The Hall–Kier alpha value is -1.99. The van der Waals surface area contributed by atoms with Crippen molar-refractivity contribution in [3.63, 3.8) is 0 Å². The van der Waals surface area contributed by atoms with Crippen LogP contribution in [0.5, 0.6) is 0 Å². The van der Waals surface area contributed by atoms with E-state index in [0.29, 0.717) is 25.3 Å². The van der Waals surface area contributed by atoms with Crippen molar-refractivity contribution in [1.82, 2.24) is 25.4 Å². The van der Waals surface area contributed by atoms with Crippen LogP contribution in [-0.2, 0) is 4.74 Å². The van der Waals surface area contributed by atoms with Gasteiger partial charge in [0, 0.05) is 38.5 Å². The van der Waals surface area contributed by atoms with Crippen molar-refractivity contribution in [2.24, 2.45) is 0 Å². The summed E-state index contributed by atoms with van der Waals surface area (Å²) in [6.07, 6.45) is 1.73. The van der Waals surface area contributed by atoms with Crippen molar-refractivity contribution in [2.75, 3.05) is 33.4 Å².